The molecule has 1 amide bonds. The Hall–Kier alpha value is -2.90. The Bertz CT molecular complexity index is 1150. The summed E-state index contributed by atoms with van der Waals surface area (Å²) in [5.41, 5.74) is 0.739. The van der Waals surface area contributed by atoms with Gasteiger partial charge in [-0.15, -0.1) is 0 Å². The van der Waals surface area contributed by atoms with Crippen LogP contribution in [-0.2, 0) is 12.7 Å². The van der Waals surface area contributed by atoms with Crippen LogP contribution in [0.4, 0.5) is 17.6 Å². The summed E-state index contributed by atoms with van der Waals surface area (Å²) >= 11 is 6.05. The highest BCUT2D eigenvalue weighted by atomic mass is 35.5. The van der Waals surface area contributed by atoms with Crippen molar-refractivity contribution < 1.29 is 22.4 Å². The fraction of sp³-hybridized carbons (Fsp3) is 0.269. The average molecular weight is 491 g/mol. The molecular weight excluding hydrogens is 468 g/mol. The van der Waals surface area contributed by atoms with E-state index < -0.39 is 17.6 Å². The number of carbonyl (C=O) groups is 1. The van der Waals surface area contributed by atoms with Crippen LogP contribution in [0.1, 0.15) is 33.0 Å². The number of nitrogens with zero attached hydrogens (tertiary/aromatic N) is 2. The summed E-state index contributed by atoms with van der Waals surface area (Å²) in [6, 6.07) is 19.3. The number of rotatable bonds is 5. The van der Waals surface area contributed by atoms with Crippen molar-refractivity contribution in [1.82, 2.24) is 9.80 Å². The number of halogens is 5. The topological polar surface area (TPSA) is 23.6 Å². The minimum absolute atomic E-state index is 0.0470. The molecule has 1 heterocycles. The second-order valence-corrected chi connectivity index (χ2v) is 8.97. The second-order valence-electron chi connectivity index (χ2n) is 8.53. The van der Waals surface area contributed by atoms with Crippen molar-refractivity contribution in [3.8, 4) is 0 Å². The third-order valence-corrected chi connectivity index (χ3v) is 6.48. The Balaban J connectivity index is 1.58. The van der Waals surface area contributed by atoms with Crippen LogP contribution in [0.3, 0.4) is 0 Å². The van der Waals surface area contributed by atoms with Crippen LogP contribution in [0.5, 0.6) is 0 Å². The number of hydrogen-bond donors (Lipinski definition) is 0. The predicted octanol–water partition coefficient (Wildman–Crippen LogP) is 6.24. The quantitative estimate of drug-likeness (QED) is 0.395. The molecule has 4 rings (SSSR count). The van der Waals surface area contributed by atoms with Crippen LogP contribution in [0.15, 0.2) is 72.8 Å². The first-order valence-corrected chi connectivity index (χ1v) is 11.2. The van der Waals surface area contributed by atoms with Crippen molar-refractivity contribution in [3.63, 3.8) is 0 Å². The molecule has 0 aromatic heterocycles. The number of benzene rings is 3. The fourth-order valence-corrected chi connectivity index (χ4v) is 4.62. The van der Waals surface area contributed by atoms with Crippen LogP contribution in [0.25, 0.3) is 0 Å². The van der Waals surface area contributed by atoms with E-state index in [1.165, 1.54) is 6.07 Å². The third kappa shape index (κ3) is 5.26. The second kappa shape index (κ2) is 9.76. The van der Waals surface area contributed by atoms with E-state index in [1.54, 1.807) is 29.2 Å². The average Bonchev–Trinajstić information content (AvgIpc) is 3.24. The lowest BCUT2D eigenvalue weighted by Crippen LogP contribution is -2.38. The molecule has 34 heavy (non-hydrogen) atoms. The van der Waals surface area contributed by atoms with Gasteiger partial charge in [0.2, 0.25) is 0 Å². The molecular formula is C26H23ClF4N2O. The van der Waals surface area contributed by atoms with Crippen molar-refractivity contribution >= 4 is 17.5 Å². The molecule has 1 aliphatic heterocycles. The molecule has 2 atom stereocenters. The van der Waals surface area contributed by atoms with Crippen LogP contribution >= 0.6 is 11.6 Å². The molecule has 3 aromatic carbocycles. The highest BCUT2D eigenvalue weighted by Crippen LogP contribution is 2.34. The maximum Gasteiger partial charge on any atom is 0.419 e. The monoisotopic (exact) mass is 490 g/mol. The summed E-state index contributed by atoms with van der Waals surface area (Å²) in [6.07, 6.45) is -4.74. The van der Waals surface area contributed by atoms with Gasteiger partial charge in [0.1, 0.15) is 5.82 Å². The summed E-state index contributed by atoms with van der Waals surface area (Å²) in [4.78, 5) is 16.8. The van der Waals surface area contributed by atoms with Crippen molar-refractivity contribution in [1.29, 1.82) is 0 Å². The molecule has 178 valence electrons. The molecule has 3 aromatic rings. The van der Waals surface area contributed by atoms with Gasteiger partial charge >= 0.3 is 6.18 Å². The van der Waals surface area contributed by atoms with Crippen molar-refractivity contribution in [3.05, 3.63) is 106 Å². The Morgan fingerprint density at radius 3 is 2.32 bits per heavy atom. The first-order valence-electron chi connectivity index (χ1n) is 10.8. The van der Waals surface area contributed by atoms with E-state index in [-0.39, 0.29) is 24.4 Å². The number of alkyl halides is 3. The van der Waals surface area contributed by atoms with Gasteiger partial charge < -0.3 is 4.90 Å². The number of hydrogen-bond acceptors (Lipinski definition) is 2. The summed E-state index contributed by atoms with van der Waals surface area (Å²) in [7, 11) is 1.83. The maximum atomic E-state index is 14.1. The molecule has 0 saturated carbocycles. The third-order valence-electron chi connectivity index (χ3n) is 6.23. The first kappa shape index (κ1) is 24.2. The first-order chi connectivity index (χ1) is 16.1. The Morgan fingerprint density at radius 2 is 1.71 bits per heavy atom. The summed E-state index contributed by atoms with van der Waals surface area (Å²) < 4.78 is 52.9. The van der Waals surface area contributed by atoms with Gasteiger partial charge in [-0.2, -0.15) is 13.2 Å². The Kier molecular flexibility index (Phi) is 6.96. The number of carbonyl (C=O) groups excluding carboxylic acids is 1. The van der Waals surface area contributed by atoms with Gasteiger partial charge in [-0.25, -0.2) is 4.39 Å². The summed E-state index contributed by atoms with van der Waals surface area (Å²) in [5, 5.41) is 0.601. The van der Waals surface area contributed by atoms with E-state index in [9.17, 15) is 22.4 Å². The molecule has 0 radical (unpaired) electrons. The van der Waals surface area contributed by atoms with Crippen LogP contribution in [0.2, 0.25) is 5.02 Å². The van der Waals surface area contributed by atoms with Crippen molar-refractivity contribution in [2.45, 2.75) is 24.7 Å². The van der Waals surface area contributed by atoms with E-state index in [0.29, 0.717) is 29.2 Å². The molecule has 2 unspecified atom stereocenters. The smallest absolute Gasteiger partial charge is 0.336 e. The lowest BCUT2D eigenvalue weighted by molar-refractivity contribution is -0.140. The fourth-order valence-electron chi connectivity index (χ4n) is 4.49. The predicted molar refractivity (Wildman–Crippen MR) is 123 cm³/mol. The SMILES string of the molecule is CN(Cc1ccc(C(F)(F)F)c(F)c1)C1CN(C(=O)c2ccccc2)CC1c1ccc(Cl)cc1. The lowest BCUT2D eigenvalue weighted by Gasteiger charge is -2.29. The lowest BCUT2D eigenvalue weighted by atomic mass is 9.93. The molecule has 0 spiro atoms. The van der Waals surface area contributed by atoms with Gasteiger partial charge in [0.15, 0.2) is 0 Å². The van der Waals surface area contributed by atoms with Gasteiger partial charge in [0, 0.05) is 42.2 Å². The zero-order valence-electron chi connectivity index (χ0n) is 18.4. The van der Waals surface area contributed by atoms with Crippen LogP contribution < -0.4 is 0 Å². The standard InChI is InChI=1S/C26H23ClF4N2O/c1-32(14-17-7-12-22(23(28)13-17)26(29,30)31)24-16-33(25(34)19-5-3-2-4-6-19)15-21(24)18-8-10-20(27)11-9-18/h2-13,21,24H,14-16H2,1H3. The molecule has 0 N–H and O–H groups in total. The molecule has 0 bridgehead atoms. The van der Waals surface area contributed by atoms with Gasteiger partial charge in [-0.05, 0) is 54.6 Å². The molecule has 1 fully saturated rings. The Morgan fingerprint density at radius 1 is 1.03 bits per heavy atom. The molecule has 3 nitrogen and oxygen atoms in total. The van der Waals surface area contributed by atoms with Gasteiger partial charge in [0.25, 0.3) is 5.91 Å². The number of likely N-dealkylation sites (N-methyl/N-ethyl adjacent to an activating group) is 1. The molecule has 8 heteroatoms. The highest BCUT2D eigenvalue weighted by Gasteiger charge is 2.39. The van der Waals surface area contributed by atoms with Gasteiger partial charge in [0.05, 0.1) is 5.56 Å². The van der Waals surface area contributed by atoms with Crippen molar-refractivity contribution in [2.24, 2.45) is 0 Å². The zero-order valence-corrected chi connectivity index (χ0v) is 19.2. The van der Waals surface area contributed by atoms with Gasteiger partial charge in [-0.1, -0.05) is 48.0 Å². The summed E-state index contributed by atoms with van der Waals surface area (Å²) in [6.45, 7) is 1.14. The molecule has 0 aliphatic carbocycles. The minimum Gasteiger partial charge on any atom is -0.336 e. The normalized spacial score (nSPS) is 18.5. The highest BCUT2D eigenvalue weighted by molar-refractivity contribution is 6.30. The van der Waals surface area contributed by atoms with Crippen LogP contribution in [0, 0.1) is 5.82 Å². The Labute approximate surface area is 200 Å². The number of amides is 1. The minimum atomic E-state index is -4.74. The van der Waals surface area contributed by atoms with Crippen molar-refractivity contribution in [2.75, 3.05) is 20.1 Å². The summed E-state index contributed by atoms with van der Waals surface area (Å²) in [5.74, 6) is -1.43. The largest absolute Gasteiger partial charge is 0.419 e. The molecule has 1 saturated heterocycles. The molecule has 1 aliphatic rings. The zero-order chi connectivity index (χ0) is 24.5. The van der Waals surface area contributed by atoms with E-state index in [2.05, 4.69) is 0 Å². The van der Waals surface area contributed by atoms with E-state index in [4.69, 9.17) is 11.6 Å². The van der Waals surface area contributed by atoms with E-state index >= 15 is 0 Å². The van der Waals surface area contributed by atoms with E-state index in [1.807, 2.05) is 42.3 Å². The van der Waals surface area contributed by atoms with Crippen LogP contribution in [-0.4, -0.2) is 41.9 Å². The van der Waals surface area contributed by atoms with E-state index in [0.717, 1.165) is 17.7 Å². The maximum absolute atomic E-state index is 14.1. The van der Waals surface area contributed by atoms with Gasteiger partial charge in [-0.3, -0.25) is 9.69 Å². The number of likely N-dealkylation sites (tertiary alicyclic amines) is 1.